The van der Waals surface area contributed by atoms with Gasteiger partial charge in [0.25, 0.3) is 0 Å². The minimum absolute atomic E-state index is 0.0625. The van der Waals surface area contributed by atoms with Crippen LogP contribution in [0.15, 0.2) is 42.5 Å². The second-order valence-corrected chi connectivity index (χ2v) is 5.65. The molecule has 2 aromatic carbocycles. The van der Waals surface area contributed by atoms with Gasteiger partial charge in [0.15, 0.2) is 5.11 Å². The number of benzene rings is 2. The first-order chi connectivity index (χ1) is 9.93. The molecular formula is C16H18N2O2S. The molecule has 110 valence electrons. The summed E-state index contributed by atoms with van der Waals surface area (Å²) in [5.41, 5.74) is 6.55. The number of carboxylic acid groups (broad SMARTS) is 1. The lowest BCUT2D eigenvalue weighted by Crippen LogP contribution is -2.50. The number of anilines is 1. The number of carbonyl (C=O) groups is 1. The summed E-state index contributed by atoms with van der Waals surface area (Å²) < 4.78 is 0. The number of thiocarbonyl (C=S) groups is 1. The molecule has 0 aliphatic carbocycles. The normalized spacial score (nSPS) is 12.3. The third-order valence-electron chi connectivity index (χ3n) is 3.43. The number of nitrogens with two attached hydrogens (primary N) is 1. The van der Waals surface area contributed by atoms with Gasteiger partial charge >= 0.3 is 5.97 Å². The van der Waals surface area contributed by atoms with Crippen LogP contribution in [-0.2, 0) is 4.79 Å². The first-order valence-corrected chi connectivity index (χ1v) is 7.13. The quantitative estimate of drug-likeness (QED) is 0.850. The third-order valence-corrected chi connectivity index (χ3v) is 3.62. The molecule has 0 bridgehead atoms. The summed E-state index contributed by atoms with van der Waals surface area (Å²) in [4.78, 5) is 13.2. The molecule has 2 rings (SSSR count). The molecule has 0 unspecified atom stereocenters. The summed E-state index contributed by atoms with van der Waals surface area (Å²) in [7, 11) is 0. The molecule has 5 heteroatoms. The summed E-state index contributed by atoms with van der Waals surface area (Å²) in [6.45, 7) is 3.68. The van der Waals surface area contributed by atoms with E-state index in [1.807, 2.05) is 56.3 Å². The van der Waals surface area contributed by atoms with Crippen LogP contribution >= 0.6 is 12.2 Å². The maximum atomic E-state index is 11.6. The van der Waals surface area contributed by atoms with Gasteiger partial charge in [-0.15, -0.1) is 0 Å². The number of hydrogen-bond donors (Lipinski definition) is 2. The lowest BCUT2D eigenvalue weighted by Gasteiger charge is -2.32. The van der Waals surface area contributed by atoms with Crippen molar-refractivity contribution in [1.29, 1.82) is 0 Å². The van der Waals surface area contributed by atoms with Gasteiger partial charge in [0.05, 0.1) is 5.69 Å². The molecule has 1 atom stereocenters. The van der Waals surface area contributed by atoms with Gasteiger partial charge in [-0.2, -0.15) is 0 Å². The van der Waals surface area contributed by atoms with Crippen molar-refractivity contribution in [2.24, 2.45) is 11.7 Å². The minimum Gasteiger partial charge on any atom is -0.480 e. The van der Waals surface area contributed by atoms with Crippen molar-refractivity contribution in [3.8, 4) is 0 Å². The van der Waals surface area contributed by atoms with Crippen molar-refractivity contribution in [2.75, 3.05) is 4.90 Å². The Balaban J connectivity index is 2.66. The van der Waals surface area contributed by atoms with Crippen molar-refractivity contribution in [3.63, 3.8) is 0 Å². The van der Waals surface area contributed by atoms with E-state index < -0.39 is 12.0 Å². The van der Waals surface area contributed by atoms with Crippen LogP contribution in [0.4, 0.5) is 5.69 Å². The highest BCUT2D eigenvalue weighted by atomic mass is 32.1. The van der Waals surface area contributed by atoms with E-state index in [0.717, 1.165) is 16.5 Å². The molecule has 2 aromatic rings. The van der Waals surface area contributed by atoms with E-state index in [4.69, 9.17) is 18.0 Å². The second-order valence-electron chi connectivity index (χ2n) is 5.23. The maximum Gasteiger partial charge on any atom is 0.327 e. The second kappa shape index (κ2) is 6.10. The molecule has 0 fully saturated rings. The third kappa shape index (κ3) is 2.97. The van der Waals surface area contributed by atoms with E-state index in [1.54, 1.807) is 0 Å². The van der Waals surface area contributed by atoms with Gasteiger partial charge in [-0.1, -0.05) is 50.2 Å². The zero-order valence-corrected chi connectivity index (χ0v) is 12.8. The Kier molecular flexibility index (Phi) is 4.43. The smallest absolute Gasteiger partial charge is 0.327 e. The van der Waals surface area contributed by atoms with Crippen LogP contribution in [0.25, 0.3) is 10.8 Å². The van der Waals surface area contributed by atoms with E-state index in [9.17, 15) is 9.90 Å². The van der Waals surface area contributed by atoms with Gasteiger partial charge in [0, 0.05) is 5.39 Å². The van der Waals surface area contributed by atoms with Crippen molar-refractivity contribution in [3.05, 3.63) is 42.5 Å². The van der Waals surface area contributed by atoms with Gasteiger partial charge in [0.1, 0.15) is 6.04 Å². The standard InChI is InChI=1S/C16H18N2O2S/c1-10(2)14(15(19)20)18(16(17)21)13-9-5-7-11-6-3-4-8-12(11)13/h3-10,14H,1-2H3,(H2,17,21)(H,19,20)/t14-/m0/s1. The number of carboxylic acids is 1. The van der Waals surface area contributed by atoms with E-state index in [-0.39, 0.29) is 11.0 Å². The molecule has 0 aliphatic heterocycles. The largest absolute Gasteiger partial charge is 0.480 e. The molecule has 0 spiro atoms. The minimum atomic E-state index is -0.939. The molecule has 21 heavy (non-hydrogen) atoms. The fourth-order valence-corrected chi connectivity index (χ4v) is 2.73. The van der Waals surface area contributed by atoms with Crippen molar-refractivity contribution < 1.29 is 9.90 Å². The Morgan fingerprint density at radius 3 is 2.38 bits per heavy atom. The topological polar surface area (TPSA) is 66.6 Å². The Hall–Kier alpha value is -2.14. The molecule has 0 aromatic heterocycles. The Labute approximate surface area is 129 Å². The lowest BCUT2D eigenvalue weighted by molar-refractivity contribution is -0.139. The summed E-state index contributed by atoms with van der Waals surface area (Å²) in [6.07, 6.45) is 0. The molecule has 0 radical (unpaired) electrons. The summed E-state index contributed by atoms with van der Waals surface area (Å²) in [6, 6.07) is 12.7. The van der Waals surface area contributed by atoms with Crippen LogP contribution in [0.2, 0.25) is 0 Å². The Bertz CT molecular complexity index is 680. The number of fused-ring (bicyclic) bond motifs is 1. The molecule has 0 saturated heterocycles. The average Bonchev–Trinajstić information content (AvgIpc) is 2.43. The van der Waals surface area contributed by atoms with Gasteiger partial charge < -0.3 is 15.7 Å². The highest BCUT2D eigenvalue weighted by Crippen LogP contribution is 2.29. The zero-order valence-electron chi connectivity index (χ0n) is 12.0. The highest BCUT2D eigenvalue weighted by molar-refractivity contribution is 7.80. The summed E-state index contributed by atoms with van der Waals surface area (Å²) in [5.74, 6) is -1.08. The van der Waals surface area contributed by atoms with Gasteiger partial charge in [-0.3, -0.25) is 0 Å². The molecular weight excluding hydrogens is 284 g/mol. The molecule has 0 aliphatic rings. The van der Waals surface area contributed by atoms with E-state index in [2.05, 4.69) is 0 Å². The fraction of sp³-hybridized carbons (Fsp3) is 0.250. The summed E-state index contributed by atoms with van der Waals surface area (Å²) in [5, 5.41) is 11.5. The zero-order chi connectivity index (χ0) is 15.6. The number of rotatable bonds is 4. The molecule has 0 amide bonds. The van der Waals surface area contributed by atoms with Crippen LogP contribution in [0.1, 0.15) is 13.8 Å². The van der Waals surface area contributed by atoms with E-state index in [0.29, 0.717) is 0 Å². The predicted molar refractivity (Wildman–Crippen MR) is 89.5 cm³/mol. The van der Waals surface area contributed by atoms with Gasteiger partial charge in [-0.05, 0) is 29.6 Å². The number of aliphatic carboxylic acids is 1. The highest BCUT2D eigenvalue weighted by Gasteiger charge is 2.31. The van der Waals surface area contributed by atoms with E-state index >= 15 is 0 Å². The van der Waals surface area contributed by atoms with Crippen LogP contribution < -0.4 is 10.6 Å². The van der Waals surface area contributed by atoms with Crippen molar-refractivity contribution in [1.82, 2.24) is 0 Å². The van der Waals surface area contributed by atoms with Crippen molar-refractivity contribution >= 4 is 39.8 Å². The number of nitrogens with zero attached hydrogens (tertiary/aromatic N) is 1. The van der Waals surface area contributed by atoms with Crippen LogP contribution in [0, 0.1) is 5.92 Å². The fourth-order valence-electron chi connectivity index (χ4n) is 2.52. The van der Waals surface area contributed by atoms with Crippen molar-refractivity contribution in [2.45, 2.75) is 19.9 Å². The number of hydrogen-bond acceptors (Lipinski definition) is 2. The van der Waals surface area contributed by atoms with Gasteiger partial charge in [0.2, 0.25) is 0 Å². The molecule has 0 heterocycles. The molecule has 3 N–H and O–H groups in total. The summed E-state index contributed by atoms with van der Waals surface area (Å²) >= 11 is 5.12. The van der Waals surface area contributed by atoms with Crippen LogP contribution in [-0.4, -0.2) is 22.2 Å². The Morgan fingerprint density at radius 1 is 1.19 bits per heavy atom. The molecule has 0 saturated carbocycles. The first kappa shape index (κ1) is 15.3. The SMILES string of the molecule is CC(C)[C@@H](C(=O)O)N(C(N)=S)c1cccc2ccccc12. The molecule has 4 nitrogen and oxygen atoms in total. The maximum absolute atomic E-state index is 11.6. The monoisotopic (exact) mass is 302 g/mol. The van der Waals surface area contributed by atoms with E-state index in [1.165, 1.54) is 4.90 Å². The van der Waals surface area contributed by atoms with Crippen LogP contribution in [0.3, 0.4) is 0 Å². The first-order valence-electron chi connectivity index (χ1n) is 6.72. The lowest BCUT2D eigenvalue weighted by atomic mass is 10.0. The average molecular weight is 302 g/mol. The van der Waals surface area contributed by atoms with Gasteiger partial charge in [-0.25, -0.2) is 4.79 Å². The Morgan fingerprint density at radius 2 is 1.81 bits per heavy atom. The van der Waals surface area contributed by atoms with Crippen LogP contribution in [0.5, 0.6) is 0 Å². The predicted octanol–water partition coefficient (Wildman–Crippen LogP) is 3.00.